The molecule has 0 spiro atoms. The molecule has 24 heavy (non-hydrogen) atoms. The first-order valence-corrected chi connectivity index (χ1v) is 10.4. The van der Waals surface area contributed by atoms with Crippen molar-refractivity contribution in [3.63, 3.8) is 0 Å². The molecule has 0 saturated heterocycles. The molecule has 3 fully saturated rings. The minimum atomic E-state index is 0.243. The van der Waals surface area contributed by atoms with E-state index in [0.717, 1.165) is 22.6 Å². The van der Waals surface area contributed by atoms with Gasteiger partial charge in [-0.15, -0.1) is 0 Å². The second-order valence-corrected chi connectivity index (χ2v) is 9.96. The molecule has 0 radical (unpaired) electrons. The van der Waals surface area contributed by atoms with E-state index in [9.17, 15) is 5.11 Å². The molecule has 1 nitrogen and oxygen atoms in total. The predicted molar refractivity (Wildman–Crippen MR) is 104 cm³/mol. The van der Waals surface area contributed by atoms with Crippen molar-refractivity contribution in [2.24, 2.45) is 40.4 Å². The second kappa shape index (κ2) is 5.77. The Balaban J connectivity index is 1.65. The van der Waals surface area contributed by atoms with Crippen molar-refractivity contribution in [2.75, 3.05) is 6.61 Å². The van der Waals surface area contributed by atoms with Crippen LogP contribution in [0.25, 0.3) is 0 Å². The topological polar surface area (TPSA) is 20.2 Å². The Bertz CT molecular complexity index is 605. The highest BCUT2D eigenvalue weighted by Gasteiger charge is 2.58. The molecular weight excluding hydrogens is 312 g/mol. The Labute approximate surface area is 152 Å². The molecule has 0 aromatic heterocycles. The van der Waals surface area contributed by atoms with E-state index in [2.05, 4.69) is 39.0 Å². The van der Waals surface area contributed by atoms with Crippen LogP contribution in [0.1, 0.15) is 59.3 Å². The molecule has 3 saturated carbocycles. The van der Waals surface area contributed by atoms with Crippen molar-refractivity contribution in [3.05, 3.63) is 23.8 Å². The number of aliphatic hydroxyl groups is 1. The zero-order valence-corrected chi connectivity index (χ0v) is 16.2. The molecule has 1 N–H and O–H groups in total. The first-order chi connectivity index (χ1) is 11.4. The van der Waals surface area contributed by atoms with E-state index in [1.165, 1.54) is 38.5 Å². The Hall–Kier alpha value is -0.470. The smallest absolute Gasteiger partial charge is 0.0459 e. The maximum absolute atomic E-state index is 9.72. The van der Waals surface area contributed by atoms with Crippen molar-refractivity contribution in [1.82, 2.24) is 0 Å². The predicted octanol–water partition coefficient (Wildman–Crippen LogP) is 5.34. The van der Waals surface area contributed by atoms with Crippen LogP contribution in [-0.2, 0) is 0 Å². The molecule has 132 valence electrons. The molecule has 0 aromatic carbocycles. The van der Waals surface area contributed by atoms with Gasteiger partial charge in [0.2, 0.25) is 0 Å². The van der Waals surface area contributed by atoms with E-state index in [1.54, 1.807) is 5.57 Å². The van der Waals surface area contributed by atoms with Gasteiger partial charge in [0, 0.05) is 16.9 Å². The zero-order chi connectivity index (χ0) is 17.1. The lowest BCUT2D eigenvalue weighted by molar-refractivity contribution is -0.0469. The highest BCUT2D eigenvalue weighted by Crippen LogP contribution is 2.66. The highest BCUT2D eigenvalue weighted by molar-refractivity contribution is 7.81. The maximum Gasteiger partial charge on any atom is 0.0459 e. The third kappa shape index (κ3) is 2.25. The van der Waals surface area contributed by atoms with Gasteiger partial charge in [-0.2, -0.15) is 0 Å². The maximum atomic E-state index is 9.72. The zero-order valence-electron chi connectivity index (χ0n) is 15.4. The summed E-state index contributed by atoms with van der Waals surface area (Å²) in [5.41, 5.74) is 2.29. The van der Waals surface area contributed by atoms with E-state index in [1.807, 2.05) is 0 Å². The average molecular weight is 345 g/mol. The third-order valence-electron chi connectivity index (χ3n) is 8.60. The van der Waals surface area contributed by atoms with Crippen LogP contribution >= 0.6 is 12.2 Å². The number of rotatable bonds is 2. The van der Waals surface area contributed by atoms with Gasteiger partial charge in [-0.1, -0.05) is 44.6 Å². The van der Waals surface area contributed by atoms with Gasteiger partial charge < -0.3 is 5.11 Å². The lowest BCUT2D eigenvalue weighted by Gasteiger charge is -2.57. The standard InChI is InChI=1S/C22H32OS/c1-14(13-23)18-6-7-19-17-5-4-15-12-16(24)8-10-21(15,2)20(17)9-11-22(18,19)3/h8,10,12,14,17-20,23H,4-7,9,11,13H2,1-3H3/t14?,17-,18+,19-,20-,21-,22+/m0/s1. The van der Waals surface area contributed by atoms with E-state index in [-0.39, 0.29) is 5.41 Å². The lowest BCUT2D eigenvalue weighted by atomic mass is 9.47. The van der Waals surface area contributed by atoms with Crippen molar-refractivity contribution in [2.45, 2.75) is 59.3 Å². The molecular formula is C22H32OS. The summed E-state index contributed by atoms with van der Waals surface area (Å²) in [6.07, 6.45) is 14.9. The van der Waals surface area contributed by atoms with Gasteiger partial charge in [0.1, 0.15) is 0 Å². The summed E-state index contributed by atoms with van der Waals surface area (Å²) in [4.78, 5) is 1.01. The van der Waals surface area contributed by atoms with Crippen LogP contribution in [-0.4, -0.2) is 16.6 Å². The number of allylic oxidation sites excluding steroid dienone is 4. The molecule has 4 aliphatic rings. The molecule has 0 bridgehead atoms. The van der Waals surface area contributed by atoms with Gasteiger partial charge in [0.25, 0.3) is 0 Å². The first kappa shape index (κ1) is 17.0. The van der Waals surface area contributed by atoms with Gasteiger partial charge in [0.15, 0.2) is 0 Å². The van der Waals surface area contributed by atoms with Crippen LogP contribution in [0.2, 0.25) is 0 Å². The quantitative estimate of drug-likeness (QED) is 0.682. The fraction of sp³-hybridized carbons (Fsp3) is 0.773. The largest absolute Gasteiger partial charge is 0.396 e. The second-order valence-electron chi connectivity index (χ2n) is 9.49. The van der Waals surface area contributed by atoms with E-state index in [0.29, 0.717) is 23.9 Å². The summed E-state index contributed by atoms with van der Waals surface area (Å²) in [5.74, 6) is 3.68. The van der Waals surface area contributed by atoms with Crippen LogP contribution in [0.3, 0.4) is 0 Å². The molecule has 7 atom stereocenters. The minimum Gasteiger partial charge on any atom is -0.396 e. The summed E-state index contributed by atoms with van der Waals surface area (Å²) in [6, 6.07) is 0. The van der Waals surface area contributed by atoms with Crippen molar-refractivity contribution in [1.29, 1.82) is 0 Å². The van der Waals surface area contributed by atoms with Gasteiger partial charge in [0.05, 0.1) is 0 Å². The van der Waals surface area contributed by atoms with Gasteiger partial charge in [-0.25, -0.2) is 0 Å². The molecule has 4 rings (SSSR count). The summed E-state index contributed by atoms with van der Waals surface area (Å²) in [6.45, 7) is 7.64. The Morgan fingerprint density at radius 1 is 1.21 bits per heavy atom. The molecule has 0 aliphatic heterocycles. The molecule has 0 heterocycles. The van der Waals surface area contributed by atoms with E-state index >= 15 is 0 Å². The highest BCUT2D eigenvalue weighted by atomic mass is 32.1. The monoisotopic (exact) mass is 344 g/mol. The summed E-state index contributed by atoms with van der Waals surface area (Å²) in [5, 5.41) is 9.72. The van der Waals surface area contributed by atoms with E-state index < -0.39 is 0 Å². The fourth-order valence-electron chi connectivity index (χ4n) is 7.30. The van der Waals surface area contributed by atoms with Crippen molar-refractivity contribution in [3.8, 4) is 0 Å². The molecule has 0 aromatic rings. The fourth-order valence-corrected chi connectivity index (χ4v) is 7.51. The number of aliphatic hydroxyl groups excluding tert-OH is 1. The Morgan fingerprint density at radius 2 is 2.00 bits per heavy atom. The van der Waals surface area contributed by atoms with Crippen molar-refractivity contribution >= 4 is 17.1 Å². The Morgan fingerprint density at radius 3 is 2.75 bits per heavy atom. The van der Waals surface area contributed by atoms with Crippen LogP contribution < -0.4 is 0 Å². The third-order valence-corrected chi connectivity index (χ3v) is 8.86. The van der Waals surface area contributed by atoms with Gasteiger partial charge in [-0.3, -0.25) is 0 Å². The number of hydrogen-bond acceptors (Lipinski definition) is 2. The molecule has 4 aliphatic carbocycles. The number of hydrogen-bond donors (Lipinski definition) is 1. The molecule has 0 amide bonds. The lowest BCUT2D eigenvalue weighted by Crippen LogP contribution is -2.50. The SMILES string of the molecule is CC(CO)[C@H]1CC[C@H]2[C@@H]3CCC4=CC(=S)C=C[C@]4(C)[C@H]3CC[C@]12C. The molecule has 2 heteroatoms. The summed E-state index contributed by atoms with van der Waals surface area (Å²) >= 11 is 5.43. The van der Waals surface area contributed by atoms with E-state index in [4.69, 9.17) is 12.2 Å². The molecule has 1 unspecified atom stereocenters. The van der Waals surface area contributed by atoms with Gasteiger partial charge in [-0.05, 0) is 85.7 Å². The number of fused-ring (bicyclic) bond motifs is 5. The number of thiocarbonyl (C=S) groups is 1. The van der Waals surface area contributed by atoms with Crippen LogP contribution in [0, 0.1) is 40.4 Å². The Kier molecular flexibility index (Phi) is 4.08. The summed E-state index contributed by atoms with van der Waals surface area (Å²) in [7, 11) is 0. The summed E-state index contributed by atoms with van der Waals surface area (Å²) < 4.78 is 0. The van der Waals surface area contributed by atoms with Crippen molar-refractivity contribution < 1.29 is 5.11 Å². The van der Waals surface area contributed by atoms with Crippen LogP contribution in [0.4, 0.5) is 0 Å². The van der Waals surface area contributed by atoms with Crippen LogP contribution in [0.5, 0.6) is 0 Å². The van der Waals surface area contributed by atoms with Gasteiger partial charge >= 0.3 is 0 Å². The van der Waals surface area contributed by atoms with Crippen LogP contribution in [0.15, 0.2) is 23.8 Å². The first-order valence-electron chi connectivity index (χ1n) is 9.95. The average Bonchev–Trinajstić information content (AvgIpc) is 2.92. The minimum absolute atomic E-state index is 0.243. The normalized spacial score (nSPS) is 48.3.